The Morgan fingerprint density at radius 2 is 1.90 bits per heavy atom. The molecular weight excluding hydrogens is 366 g/mol. The number of phenols is 1. The molecule has 1 saturated heterocycles. The number of quaternary nitrogens is 1. The maximum absolute atomic E-state index is 13.0. The Bertz CT molecular complexity index is 983. The van der Waals surface area contributed by atoms with E-state index in [1.165, 1.54) is 4.90 Å². The van der Waals surface area contributed by atoms with Crippen molar-refractivity contribution in [3.63, 3.8) is 0 Å². The fourth-order valence-corrected chi connectivity index (χ4v) is 4.18. The molecule has 1 aliphatic heterocycles. The molecular formula is C23H28N3O3+. The highest BCUT2D eigenvalue weighted by Gasteiger charge is 2.26. The van der Waals surface area contributed by atoms with Crippen LogP contribution >= 0.6 is 0 Å². The molecule has 2 N–H and O–H groups in total. The van der Waals surface area contributed by atoms with Crippen LogP contribution in [0.15, 0.2) is 53.1 Å². The summed E-state index contributed by atoms with van der Waals surface area (Å²) in [6.07, 6.45) is 1.67. The predicted octanol–water partition coefficient (Wildman–Crippen LogP) is 2.04. The van der Waals surface area contributed by atoms with E-state index in [4.69, 9.17) is 4.42 Å². The number of aryl methyl sites for hydroxylation is 1. The first-order valence-corrected chi connectivity index (χ1v) is 10.1. The van der Waals surface area contributed by atoms with Crippen molar-refractivity contribution in [2.75, 3.05) is 37.6 Å². The fraction of sp³-hybridized carbons (Fsp3) is 0.348. The van der Waals surface area contributed by atoms with E-state index in [2.05, 4.69) is 9.47 Å². The van der Waals surface area contributed by atoms with Gasteiger partial charge in [0.1, 0.15) is 18.1 Å². The first-order valence-electron chi connectivity index (χ1n) is 10.1. The molecule has 4 rings (SSSR count). The fourth-order valence-electron chi connectivity index (χ4n) is 4.18. The molecule has 6 nitrogen and oxygen atoms in total. The van der Waals surface area contributed by atoms with Crippen LogP contribution < -0.4 is 9.80 Å². The number of hydrogen-bond donors (Lipinski definition) is 2. The van der Waals surface area contributed by atoms with Crippen LogP contribution in [-0.2, 0) is 6.54 Å². The van der Waals surface area contributed by atoms with Gasteiger partial charge < -0.3 is 23.9 Å². The zero-order chi connectivity index (χ0) is 20.4. The third-order valence-electron chi connectivity index (χ3n) is 5.87. The molecule has 1 fully saturated rings. The van der Waals surface area contributed by atoms with Crippen molar-refractivity contribution in [2.45, 2.75) is 20.4 Å². The summed E-state index contributed by atoms with van der Waals surface area (Å²) < 4.78 is 7.60. The van der Waals surface area contributed by atoms with Crippen LogP contribution in [0.4, 0.5) is 5.69 Å². The lowest BCUT2D eigenvalue weighted by Crippen LogP contribution is -3.15. The minimum atomic E-state index is 0.190. The molecule has 2 aromatic heterocycles. The van der Waals surface area contributed by atoms with Gasteiger partial charge in [-0.15, -0.1) is 0 Å². The highest BCUT2D eigenvalue weighted by atomic mass is 16.3. The van der Waals surface area contributed by atoms with Crippen molar-refractivity contribution in [1.82, 2.24) is 4.57 Å². The lowest BCUT2D eigenvalue weighted by Gasteiger charge is -2.33. The summed E-state index contributed by atoms with van der Waals surface area (Å²) in [5.74, 6) is 1.39. The van der Waals surface area contributed by atoms with Gasteiger partial charge in [-0.25, -0.2) is 0 Å². The van der Waals surface area contributed by atoms with Crippen molar-refractivity contribution in [1.29, 1.82) is 0 Å². The number of carbonyl (C=O) groups is 1. The Labute approximate surface area is 171 Å². The third kappa shape index (κ3) is 4.07. The van der Waals surface area contributed by atoms with Gasteiger partial charge in [-0.3, -0.25) is 4.79 Å². The lowest BCUT2D eigenvalue weighted by atomic mass is 10.1. The molecule has 0 spiro atoms. The number of aromatic hydroxyl groups is 1. The summed E-state index contributed by atoms with van der Waals surface area (Å²) in [6, 6.07) is 13.3. The normalized spacial score (nSPS) is 15.0. The molecule has 0 saturated carbocycles. The number of phenolic OH excluding ortho intramolecular Hbond substituents is 1. The number of carbonyl (C=O) groups excluding carboxylic acids is 1. The topological polar surface area (TPSA) is 63.1 Å². The van der Waals surface area contributed by atoms with E-state index in [1.807, 2.05) is 50.2 Å². The monoisotopic (exact) mass is 394 g/mol. The van der Waals surface area contributed by atoms with Crippen LogP contribution in [0.2, 0.25) is 0 Å². The summed E-state index contributed by atoms with van der Waals surface area (Å²) in [7, 11) is 0. The molecule has 0 unspecified atom stereocenters. The van der Waals surface area contributed by atoms with Crippen LogP contribution in [0, 0.1) is 13.8 Å². The zero-order valence-electron chi connectivity index (χ0n) is 17.0. The number of benzene rings is 1. The summed E-state index contributed by atoms with van der Waals surface area (Å²) in [6.45, 7) is 8.61. The van der Waals surface area contributed by atoms with Crippen LogP contribution in [0.25, 0.3) is 0 Å². The van der Waals surface area contributed by atoms with Gasteiger partial charge in [-0.1, -0.05) is 12.1 Å². The van der Waals surface area contributed by atoms with E-state index in [1.54, 1.807) is 12.3 Å². The lowest BCUT2D eigenvalue weighted by molar-refractivity contribution is -0.892. The molecule has 1 aliphatic rings. The molecule has 1 aromatic carbocycles. The van der Waals surface area contributed by atoms with Gasteiger partial charge in [-0.05, 0) is 44.2 Å². The molecule has 0 amide bonds. The molecule has 0 aliphatic carbocycles. The number of piperazine rings is 1. The van der Waals surface area contributed by atoms with E-state index < -0.39 is 0 Å². The van der Waals surface area contributed by atoms with E-state index in [0.29, 0.717) is 18.8 Å². The van der Waals surface area contributed by atoms with Gasteiger partial charge in [0, 0.05) is 17.0 Å². The van der Waals surface area contributed by atoms with Gasteiger partial charge in [-0.2, -0.15) is 0 Å². The first kappa shape index (κ1) is 19.3. The van der Waals surface area contributed by atoms with Gasteiger partial charge in [0.2, 0.25) is 5.78 Å². The van der Waals surface area contributed by atoms with Crippen molar-refractivity contribution < 1.29 is 19.2 Å². The molecule has 29 heavy (non-hydrogen) atoms. The number of anilines is 1. The van der Waals surface area contributed by atoms with E-state index in [-0.39, 0.29) is 5.78 Å². The van der Waals surface area contributed by atoms with Gasteiger partial charge >= 0.3 is 0 Å². The van der Waals surface area contributed by atoms with Crippen molar-refractivity contribution >= 4 is 11.5 Å². The van der Waals surface area contributed by atoms with Crippen LogP contribution in [0.1, 0.15) is 27.5 Å². The van der Waals surface area contributed by atoms with Crippen molar-refractivity contribution in [3.8, 4) is 5.75 Å². The van der Waals surface area contributed by atoms with E-state index in [9.17, 15) is 9.90 Å². The second kappa shape index (κ2) is 8.17. The average molecular weight is 394 g/mol. The zero-order valence-corrected chi connectivity index (χ0v) is 17.0. The number of furan rings is 1. The van der Waals surface area contributed by atoms with E-state index in [0.717, 1.165) is 54.6 Å². The summed E-state index contributed by atoms with van der Waals surface area (Å²) >= 11 is 0. The minimum absolute atomic E-state index is 0.190. The predicted molar refractivity (Wildman–Crippen MR) is 112 cm³/mol. The Kier molecular flexibility index (Phi) is 5.45. The number of rotatable bonds is 6. The number of hydrogen-bond acceptors (Lipinski definition) is 4. The van der Waals surface area contributed by atoms with Crippen molar-refractivity contribution in [3.05, 3.63) is 71.4 Å². The van der Waals surface area contributed by atoms with Crippen molar-refractivity contribution in [2.24, 2.45) is 0 Å². The second-order valence-corrected chi connectivity index (χ2v) is 7.78. The first-order chi connectivity index (χ1) is 14.0. The number of Topliss-reactive ketones (excluding diaryl/α,β-unsaturated/α-hetero) is 1. The Hall–Kier alpha value is -2.99. The molecule has 3 heterocycles. The highest BCUT2D eigenvalue weighted by Crippen LogP contribution is 2.26. The van der Waals surface area contributed by atoms with Crippen LogP contribution in [-0.4, -0.2) is 48.2 Å². The summed E-state index contributed by atoms with van der Waals surface area (Å²) in [5.41, 5.74) is 3.75. The standard InChI is InChI=1S/C23H27N3O3/c1-17-14-20(18(2)26(17)15-19-6-5-13-29-19)23(28)16-24-9-11-25(12-10-24)21-7-3-4-8-22(21)27/h3-8,13-14,27H,9-12,15-16H2,1-2H3/p+1. The highest BCUT2D eigenvalue weighted by molar-refractivity contribution is 5.98. The third-order valence-corrected chi connectivity index (χ3v) is 5.87. The minimum Gasteiger partial charge on any atom is -0.506 e. The number of ketones is 1. The summed E-state index contributed by atoms with van der Waals surface area (Å²) in [5, 5.41) is 10.1. The smallest absolute Gasteiger partial charge is 0.218 e. The van der Waals surface area contributed by atoms with Gasteiger partial charge in [0.25, 0.3) is 0 Å². The number of aromatic nitrogens is 1. The van der Waals surface area contributed by atoms with Gasteiger partial charge in [0.05, 0.1) is 44.7 Å². The largest absolute Gasteiger partial charge is 0.506 e. The number of para-hydroxylation sites is 2. The molecule has 0 radical (unpaired) electrons. The number of nitrogens with zero attached hydrogens (tertiary/aromatic N) is 2. The van der Waals surface area contributed by atoms with Crippen LogP contribution in [0.3, 0.4) is 0 Å². The molecule has 0 atom stereocenters. The average Bonchev–Trinajstić information content (AvgIpc) is 3.33. The molecule has 152 valence electrons. The van der Waals surface area contributed by atoms with Gasteiger partial charge in [0.15, 0.2) is 0 Å². The SMILES string of the molecule is Cc1cc(C(=O)C[NH+]2CCN(c3ccccc3O)CC2)c(C)n1Cc1ccco1. The maximum Gasteiger partial charge on any atom is 0.218 e. The van der Waals surface area contributed by atoms with Crippen LogP contribution in [0.5, 0.6) is 5.75 Å². The Morgan fingerprint density at radius 1 is 1.14 bits per heavy atom. The quantitative estimate of drug-likeness (QED) is 0.628. The summed E-state index contributed by atoms with van der Waals surface area (Å²) in [4.78, 5) is 16.5. The van der Waals surface area contributed by atoms with E-state index >= 15 is 0 Å². The molecule has 0 bridgehead atoms. The molecule has 6 heteroatoms. The maximum atomic E-state index is 13.0. The second-order valence-electron chi connectivity index (χ2n) is 7.78. The molecule has 3 aromatic rings. The Balaban J connectivity index is 1.39. The Morgan fingerprint density at radius 3 is 2.59 bits per heavy atom. The number of nitrogens with one attached hydrogen (secondary N) is 1.